The van der Waals surface area contributed by atoms with E-state index in [1.54, 1.807) is 0 Å². The Bertz CT molecular complexity index is 1930. The van der Waals surface area contributed by atoms with Gasteiger partial charge in [-0.1, -0.05) is 54.6 Å². The summed E-state index contributed by atoms with van der Waals surface area (Å²) in [6, 6.07) is 27.6. The van der Waals surface area contributed by atoms with E-state index in [2.05, 4.69) is 102 Å². The number of allylic oxidation sites excluding steroid dienone is 3. The van der Waals surface area contributed by atoms with E-state index < -0.39 is 0 Å². The largest absolute Gasteiger partial charge is 0.452 e. The van der Waals surface area contributed by atoms with Crippen LogP contribution in [0, 0.1) is 0 Å². The van der Waals surface area contributed by atoms with Gasteiger partial charge < -0.3 is 19.1 Å². The number of furan rings is 2. The van der Waals surface area contributed by atoms with E-state index in [0.29, 0.717) is 0 Å². The van der Waals surface area contributed by atoms with Crippen LogP contribution >= 0.6 is 0 Å². The van der Waals surface area contributed by atoms with Crippen molar-refractivity contribution in [1.29, 1.82) is 0 Å². The number of rotatable bonds is 2. The summed E-state index contributed by atoms with van der Waals surface area (Å²) in [6.07, 6.45) is 8.65. The fourth-order valence-electron chi connectivity index (χ4n) is 5.63. The van der Waals surface area contributed by atoms with Crippen molar-refractivity contribution >= 4 is 49.6 Å². The van der Waals surface area contributed by atoms with E-state index in [1.807, 2.05) is 18.2 Å². The zero-order valence-corrected chi connectivity index (χ0v) is 19.7. The Balaban J connectivity index is 1.21. The highest BCUT2D eigenvalue weighted by Crippen LogP contribution is 2.40. The van der Waals surface area contributed by atoms with E-state index in [1.165, 1.54) is 22.5 Å². The van der Waals surface area contributed by atoms with Crippen LogP contribution in [-0.2, 0) is 0 Å². The highest BCUT2D eigenvalue weighted by molar-refractivity contribution is 6.19. The second-order valence-electron chi connectivity index (χ2n) is 9.49. The van der Waals surface area contributed by atoms with Gasteiger partial charge in [0.1, 0.15) is 17.3 Å². The molecule has 0 spiro atoms. The maximum Gasteiger partial charge on any atom is 0.178 e. The Morgan fingerprint density at radius 3 is 2.17 bits per heavy atom. The van der Waals surface area contributed by atoms with Crippen molar-refractivity contribution in [3.8, 4) is 11.1 Å². The molecular formula is C32H22N2O2. The van der Waals surface area contributed by atoms with Crippen molar-refractivity contribution in [2.75, 3.05) is 0 Å². The topological polar surface area (TPSA) is 41.6 Å². The van der Waals surface area contributed by atoms with Crippen LogP contribution in [0.3, 0.4) is 0 Å². The van der Waals surface area contributed by atoms with E-state index in [4.69, 9.17) is 8.83 Å². The molecule has 0 bridgehead atoms. The standard InChI is InChI=1S/C32H22N2O2/c1-19-30(33-29-8-4-5-17-34(19)29)21-11-9-20(10-12-21)22-13-16-28-26(18-22)25-15-14-24-23-6-2-3-7-27(23)35-31(24)32(25)36-28/h2-18,29,33H,1H3. The van der Waals surface area contributed by atoms with Gasteiger partial charge in [-0.3, -0.25) is 0 Å². The van der Waals surface area contributed by atoms with Gasteiger partial charge in [0.25, 0.3) is 0 Å². The van der Waals surface area contributed by atoms with Crippen molar-refractivity contribution in [3.63, 3.8) is 0 Å². The predicted octanol–water partition coefficient (Wildman–Crippen LogP) is 8.16. The van der Waals surface area contributed by atoms with Gasteiger partial charge >= 0.3 is 0 Å². The van der Waals surface area contributed by atoms with Gasteiger partial charge in [-0.2, -0.15) is 0 Å². The maximum atomic E-state index is 6.31. The van der Waals surface area contributed by atoms with Crippen molar-refractivity contribution in [3.05, 3.63) is 115 Å². The molecular weight excluding hydrogens is 444 g/mol. The predicted molar refractivity (Wildman–Crippen MR) is 146 cm³/mol. The number of hydrogen-bond donors (Lipinski definition) is 1. The first-order valence-electron chi connectivity index (χ1n) is 12.2. The molecule has 2 aromatic heterocycles. The first kappa shape index (κ1) is 19.6. The summed E-state index contributed by atoms with van der Waals surface area (Å²) in [5.41, 5.74) is 9.30. The quantitative estimate of drug-likeness (QED) is 0.280. The van der Waals surface area contributed by atoms with Gasteiger partial charge in [-0.15, -0.1) is 0 Å². The second-order valence-corrected chi connectivity index (χ2v) is 9.49. The lowest BCUT2D eigenvalue weighted by molar-refractivity contribution is 0.402. The third-order valence-corrected chi connectivity index (χ3v) is 7.48. The molecule has 1 atom stereocenters. The van der Waals surface area contributed by atoms with Crippen LogP contribution in [0.1, 0.15) is 12.5 Å². The zero-order chi connectivity index (χ0) is 23.8. The highest BCUT2D eigenvalue weighted by atomic mass is 16.4. The van der Waals surface area contributed by atoms with Crippen LogP contribution < -0.4 is 5.32 Å². The van der Waals surface area contributed by atoms with Crippen LogP contribution in [0.5, 0.6) is 0 Å². The van der Waals surface area contributed by atoms with E-state index >= 15 is 0 Å². The molecule has 172 valence electrons. The van der Waals surface area contributed by atoms with E-state index in [-0.39, 0.29) is 6.17 Å². The van der Waals surface area contributed by atoms with Gasteiger partial charge in [0.2, 0.25) is 0 Å². The van der Waals surface area contributed by atoms with E-state index in [9.17, 15) is 0 Å². The third-order valence-electron chi connectivity index (χ3n) is 7.48. The zero-order valence-electron chi connectivity index (χ0n) is 19.7. The molecule has 4 heterocycles. The van der Waals surface area contributed by atoms with Gasteiger partial charge in [-0.25, -0.2) is 0 Å². The van der Waals surface area contributed by atoms with Crippen LogP contribution in [0.25, 0.3) is 60.7 Å². The monoisotopic (exact) mass is 466 g/mol. The molecule has 0 saturated carbocycles. The normalized spacial score (nSPS) is 17.1. The fraction of sp³-hybridized carbons (Fsp3) is 0.0625. The molecule has 6 aromatic rings. The first-order valence-corrected chi connectivity index (χ1v) is 12.2. The molecule has 36 heavy (non-hydrogen) atoms. The summed E-state index contributed by atoms with van der Waals surface area (Å²) in [7, 11) is 0. The minimum Gasteiger partial charge on any atom is -0.452 e. The lowest BCUT2D eigenvalue weighted by atomic mass is 10.00. The van der Waals surface area contributed by atoms with Crippen molar-refractivity contribution in [2.24, 2.45) is 0 Å². The lowest BCUT2D eigenvalue weighted by Gasteiger charge is -2.23. The third kappa shape index (κ3) is 2.70. The molecule has 4 aromatic carbocycles. The summed E-state index contributed by atoms with van der Waals surface area (Å²) in [5, 5.41) is 8.00. The first-order chi connectivity index (χ1) is 17.7. The molecule has 0 saturated heterocycles. The van der Waals surface area contributed by atoms with Crippen LogP contribution in [0.2, 0.25) is 0 Å². The average Bonchev–Trinajstić information content (AvgIpc) is 3.60. The molecule has 4 nitrogen and oxygen atoms in total. The summed E-state index contributed by atoms with van der Waals surface area (Å²) >= 11 is 0. The molecule has 0 amide bonds. The van der Waals surface area contributed by atoms with Gasteiger partial charge in [0.05, 0.1) is 5.70 Å². The van der Waals surface area contributed by atoms with Crippen LogP contribution in [0.4, 0.5) is 0 Å². The number of nitrogens with one attached hydrogen (secondary N) is 1. The maximum absolute atomic E-state index is 6.31. The second kappa shape index (κ2) is 7.15. The minimum atomic E-state index is 0.194. The van der Waals surface area contributed by atoms with Crippen LogP contribution in [0.15, 0.2) is 118 Å². The molecule has 2 aliphatic rings. The highest BCUT2D eigenvalue weighted by Gasteiger charge is 2.27. The number of benzene rings is 4. The average molecular weight is 467 g/mol. The Morgan fingerprint density at radius 1 is 0.667 bits per heavy atom. The molecule has 0 fully saturated rings. The van der Waals surface area contributed by atoms with Gasteiger partial charge in [-0.05, 0) is 66.1 Å². The minimum absolute atomic E-state index is 0.194. The molecule has 1 N–H and O–H groups in total. The molecule has 4 heteroatoms. The SMILES string of the molecule is CC1=C(c2ccc(-c3ccc4oc5c(ccc6c7ccccc7oc65)c4c3)cc2)NC2C=CC=CN12. The Kier molecular flexibility index (Phi) is 3.89. The molecule has 8 rings (SSSR count). The molecule has 0 radical (unpaired) electrons. The number of hydrogen-bond acceptors (Lipinski definition) is 4. The van der Waals surface area contributed by atoms with Gasteiger partial charge in [0.15, 0.2) is 11.2 Å². The molecule has 2 aliphatic heterocycles. The smallest absolute Gasteiger partial charge is 0.178 e. The summed E-state index contributed by atoms with van der Waals surface area (Å²) in [5.74, 6) is 0. The van der Waals surface area contributed by atoms with Crippen molar-refractivity contribution in [2.45, 2.75) is 13.1 Å². The van der Waals surface area contributed by atoms with Crippen molar-refractivity contribution < 1.29 is 8.83 Å². The molecule has 0 aliphatic carbocycles. The van der Waals surface area contributed by atoms with Crippen LogP contribution in [-0.4, -0.2) is 11.1 Å². The van der Waals surface area contributed by atoms with E-state index in [0.717, 1.165) is 49.4 Å². The Hall–Kier alpha value is -4.70. The summed E-state index contributed by atoms with van der Waals surface area (Å²) in [4.78, 5) is 2.26. The number of para-hydroxylation sites is 1. The fourth-order valence-corrected chi connectivity index (χ4v) is 5.63. The molecule has 1 unspecified atom stereocenters. The summed E-state index contributed by atoms with van der Waals surface area (Å²) in [6.45, 7) is 2.16. The van der Waals surface area contributed by atoms with Crippen molar-refractivity contribution in [1.82, 2.24) is 10.2 Å². The Labute approximate surface area is 207 Å². The van der Waals surface area contributed by atoms with Gasteiger partial charge in [0, 0.05) is 33.4 Å². The lowest BCUT2D eigenvalue weighted by Crippen LogP contribution is -2.32. The number of nitrogens with zero attached hydrogens (tertiary/aromatic N) is 1. The number of fused-ring (bicyclic) bond motifs is 8. The Morgan fingerprint density at radius 2 is 1.36 bits per heavy atom. The summed E-state index contributed by atoms with van der Waals surface area (Å²) < 4.78 is 12.5.